The first-order chi connectivity index (χ1) is 17.6. The van der Waals surface area contributed by atoms with Crippen molar-refractivity contribution < 1.29 is 26.8 Å². The Kier molecular flexibility index (Phi) is 7.81. The molecule has 0 atom stereocenters. The van der Waals surface area contributed by atoms with Gasteiger partial charge in [-0.15, -0.1) is 0 Å². The van der Waals surface area contributed by atoms with E-state index >= 15 is 4.39 Å². The Morgan fingerprint density at radius 3 is 2.62 bits per heavy atom. The number of hydrogen-bond acceptors (Lipinski definition) is 7. The number of fused-ring (bicyclic) bond motifs is 1. The van der Waals surface area contributed by atoms with Gasteiger partial charge in [-0.05, 0) is 54.6 Å². The number of anilines is 1. The summed E-state index contributed by atoms with van der Waals surface area (Å²) in [6.07, 6.45) is 1.61. The first kappa shape index (κ1) is 26.6. The average Bonchev–Trinajstić information content (AvgIpc) is 3.67. The van der Waals surface area contributed by atoms with E-state index in [1.165, 1.54) is 36.2 Å². The molecule has 1 aliphatic carbocycles. The van der Waals surface area contributed by atoms with Gasteiger partial charge in [0.2, 0.25) is 0 Å². The molecule has 12 heteroatoms. The zero-order valence-corrected chi connectivity index (χ0v) is 21.6. The van der Waals surface area contributed by atoms with Gasteiger partial charge in [-0.1, -0.05) is 12.1 Å². The number of ether oxygens (including phenoxy) is 1. The fourth-order valence-corrected chi connectivity index (χ4v) is 4.37. The molecular formula is C25H29FN4O6S. The van der Waals surface area contributed by atoms with E-state index in [9.17, 15) is 18.0 Å². The maximum atomic E-state index is 15.3. The Balaban J connectivity index is 1.73. The zero-order valence-electron chi connectivity index (χ0n) is 20.8. The normalized spacial score (nSPS) is 13.5. The third kappa shape index (κ3) is 6.45. The summed E-state index contributed by atoms with van der Waals surface area (Å²) in [6, 6.07) is 9.06. The highest BCUT2D eigenvalue weighted by atomic mass is 32.2. The molecule has 0 spiro atoms. The van der Waals surface area contributed by atoms with Gasteiger partial charge < -0.3 is 19.4 Å². The lowest BCUT2D eigenvalue weighted by Crippen LogP contribution is -2.27. The van der Waals surface area contributed by atoms with Gasteiger partial charge in [0.05, 0.1) is 5.69 Å². The van der Waals surface area contributed by atoms with Crippen molar-refractivity contribution in [1.29, 1.82) is 0 Å². The van der Waals surface area contributed by atoms with Crippen molar-refractivity contribution in [3.63, 3.8) is 0 Å². The molecule has 37 heavy (non-hydrogen) atoms. The molecule has 1 amide bonds. The maximum Gasteiger partial charge on any atom is 0.414 e. The van der Waals surface area contributed by atoms with E-state index in [1.54, 1.807) is 26.2 Å². The second-order valence-corrected chi connectivity index (χ2v) is 10.7. The first-order valence-electron chi connectivity index (χ1n) is 11.7. The Labute approximate surface area is 214 Å². The molecule has 1 fully saturated rings. The molecule has 0 aliphatic heterocycles. The van der Waals surface area contributed by atoms with E-state index in [2.05, 4.69) is 14.8 Å². The average molecular weight is 533 g/mol. The van der Waals surface area contributed by atoms with E-state index < -0.39 is 27.7 Å². The number of halogens is 1. The molecule has 3 N–H and O–H groups in total. The molecule has 1 aromatic heterocycles. The summed E-state index contributed by atoms with van der Waals surface area (Å²) in [5.74, 6) is 0.0272. The predicted octanol–water partition coefficient (Wildman–Crippen LogP) is 2.96. The van der Waals surface area contributed by atoms with Crippen molar-refractivity contribution in [3.8, 4) is 5.75 Å². The second kappa shape index (κ2) is 10.9. The van der Waals surface area contributed by atoms with Crippen LogP contribution in [0.1, 0.15) is 29.5 Å². The molecule has 4 rings (SSSR count). The van der Waals surface area contributed by atoms with E-state index in [-0.39, 0.29) is 34.6 Å². The SMILES string of the molecule is CNS(=O)(=O)Nc1cccc(Cc2c(CNCC3CC3)c3ccc(OC(=O)N(C)C)cc3oc2=O)c1F. The van der Waals surface area contributed by atoms with Gasteiger partial charge in [0.1, 0.15) is 11.3 Å². The minimum absolute atomic E-state index is 0.114. The summed E-state index contributed by atoms with van der Waals surface area (Å²) in [5, 5.41) is 3.99. The van der Waals surface area contributed by atoms with Crippen LogP contribution in [0.4, 0.5) is 14.9 Å². The van der Waals surface area contributed by atoms with Crippen LogP contribution in [-0.2, 0) is 23.2 Å². The molecule has 0 saturated heterocycles. The molecule has 1 aliphatic rings. The van der Waals surface area contributed by atoms with Gasteiger partial charge in [0, 0.05) is 51.1 Å². The monoisotopic (exact) mass is 532 g/mol. The van der Waals surface area contributed by atoms with E-state index in [0.717, 1.165) is 19.4 Å². The van der Waals surface area contributed by atoms with Crippen LogP contribution < -0.4 is 25.1 Å². The van der Waals surface area contributed by atoms with Crippen LogP contribution in [-0.4, -0.2) is 47.1 Å². The van der Waals surface area contributed by atoms with Crippen molar-refractivity contribution in [3.05, 3.63) is 69.3 Å². The summed E-state index contributed by atoms with van der Waals surface area (Å²) < 4.78 is 54.0. The molecule has 1 saturated carbocycles. The van der Waals surface area contributed by atoms with Crippen LogP contribution in [0.3, 0.4) is 0 Å². The highest BCUT2D eigenvalue weighted by molar-refractivity contribution is 7.90. The summed E-state index contributed by atoms with van der Waals surface area (Å²) in [6.45, 7) is 1.13. The van der Waals surface area contributed by atoms with Crippen LogP contribution in [0.25, 0.3) is 11.0 Å². The molecule has 10 nitrogen and oxygen atoms in total. The van der Waals surface area contributed by atoms with E-state index in [4.69, 9.17) is 9.15 Å². The van der Waals surface area contributed by atoms with E-state index in [0.29, 0.717) is 23.4 Å². The molecule has 1 heterocycles. The number of carbonyl (C=O) groups is 1. The number of rotatable bonds is 10. The third-order valence-corrected chi connectivity index (χ3v) is 7.08. The minimum Gasteiger partial charge on any atom is -0.422 e. The smallest absolute Gasteiger partial charge is 0.414 e. The van der Waals surface area contributed by atoms with Gasteiger partial charge in [0.25, 0.3) is 10.2 Å². The molecule has 0 radical (unpaired) electrons. The standard InChI is InChI=1S/C25H29FN4O6S/c1-27-37(33,34)29-21-6-4-5-16(23(21)26)11-19-20(14-28-13-15-7-8-15)18-10-9-17(35-25(32)30(2)3)12-22(18)36-24(19)31/h4-6,9-10,12,15,27-29H,7-8,11,13-14H2,1-3H3. The summed E-state index contributed by atoms with van der Waals surface area (Å²) in [5.41, 5.74) is 0.351. The molecule has 2 aromatic carbocycles. The van der Waals surface area contributed by atoms with Crippen LogP contribution in [0.2, 0.25) is 0 Å². The summed E-state index contributed by atoms with van der Waals surface area (Å²) in [7, 11) is 0.381. The maximum absolute atomic E-state index is 15.3. The Bertz CT molecular complexity index is 1480. The molecule has 0 unspecified atom stereocenters. The van der Waals surface area contributed by atoms with Gasteiger partial charge >= 0.3 is 11.7 Å². The lowest BCUT2D eigenvalue weighted by Gasteiger charge is -2.15. The van der Waals surface area contributed by atoms with E-state index in [1.807, 2.05) is 0 Å². The van der Waals surface area contributed by atoms with Crippen LogP contribution in [0.5, 0.6) is 5.75 Å². The number of nitrogens with one attached hydrogen (secondary N) is 3. The number of carbonyl (C=O) groups excluding carboxylic acids is 1. The highest BCUT2D eigenvalue weighted by Gasteiger charge is 2.23. The second-order valence-electron chi connectivity index (χ2n) is 9.11. The molecule has 0 bridgehead atoms. The number of nitrogens with zero attached hydrogens (tertiary/aromatic N) is 1. The van der Waals surface area contributed by atoms with Gasteiger partial charge in [0.15, 0.2) is 5.82 Å². The lowest BCUT2D eigenvalue weighted by molar-refractivity contribution is 0.172. The minimum atomic E-state index is -3.93. The topological polar surface area (TPSA) is 130 Å². The Hall–Kier alpha value is -3.48. The first-order valence-corrected chi connectivity index (χ1v) is 13.2. The number of benzene rings is 2. The van der Waals surface area contributed by atoms with Crippen molar-refractivity contribution >= 4 is 33.0 Å². The zero-order chi connectivity index (χ0) is 26.7. The van der Waals surface area contributed by atoms with Crippen LogP contribution in [0, 0.1) is 11.7 Å². The van der Waals surface area contributed by atoms with Crippen molar-refractivity contribution in [2.45, 2.75) is 25.8 Å². The third-order valence-electron chi connectivity index (χ3n) is 6.05. The van der Waals surface area contributed by atoms with Crippen molar-refractivity contribution in [1.82, 2.24) is 14.9 Å². The van der Waals surface area contributed by atoms with Gasteiger partial charge in [-0.3, -0.25) is 4.72 Å². The number of amides is 1. The largest absolute Gasteiger partial charge is 0.422 e. The summed E-state index contributed by atoms with van der Waals surface area (Å²) >= 11 is 0. The van der Waals surface area contributed by atoms with Crippen molar-refractivity contribution in [2.24, 2.45) is 5.92 Å². The van der Waals surface area contributed by atoms with Crippen molar-refractivity contribution in [2.75, 3.05) is 32.4 Å². The predicted molar refractivity (Wildman–Crippen MR) is 137 cm³/mol. The summed E-state index contributed by atoms with van der Waals surface area (Å²) in [4.78, 5) is 26.3. The van der Waals surface area contributed by atoms with Crippen LogP contribution in [0.15, 0.2) is 45.6 Å². The fourth-order valence-electron chi connectivity index (χ4n) is 3.82. The van der Waals surface area contributed by atoms with Crippen LogP contribution >= 0.6 is 0 Å². The molecule has 198 valence electrons. The fraction of sp³-hybridized carbons (Fsp3) is 0.360. The number of hydrogen-bond donors (Lipinski definition) is 3. The lowest BCUT2D eigenvalue weighted by atomic mass is 9.97. The van der Waals surface area contributed by atoms with Gasteiger partial charge in [-0.2, -0.15) is 8.42 Å². The Morgan fingerprint density at radius 1 is 1.19 bits per heavy atom. The quantitative estimate of drug-likeness (QED) is 0.342. The van der Waals surface area contributed by atoms with Gasteiger partial charge in [-0.25, -0.2) is 18.7 Å². The molecule has 3 aromatic rings. The molecular weight excluding hydrogens is 503 g/mol. The Morgan fingerprint density at radius 2 is 1.95 bits per heavy atom. The highest BCUT2D eigenvalue weighted by Crippen LogP contribution is 2.30.